The second kappa shape index (κ2) is 4.20. The van der Waals surface area contributed by atoms with Gasteiger partial charge in [-0.1, -0.05) is 18.9 Å². The Labute approximate surface area is 111 Å². The molecule has 5 heteroatoms. The SMILES string of the molecule is CC1(C)C2CCC1(CSOOO)C1C(=O)CCC21. The summed E-state index contributed by atoms with van der Waals surface area (Å²) in [6.45, 7) is 4.60. The van der Waals surface area contributed by atoms with E-state index >= 15 is 0 Å². The monoisotopic (exact) mass is 272 g/mol. The van der Waals surface area contributed by atoms with Crippen LogP contribution in [0.25, 0.3) is 0 Å². The summed E-state index contributed by atoms with van der Waals surface area (Å²) in [5.74, 6) is 2.63. The Morgan fingerprint density at radius 1 is 1.44 bits per heavy atom. The number of rotatable bonds is 4. The predicted molar refractivity (Wildman–Crippen MR) is 67.4 cm³/mol. The first kappa shape index (κ1) is 12.9. The van der Waals surface area contributed by atoms with Crippen LogP contribution in [0.2, 0.25) is 0 Å². The molecule has 3 fully saturated rings. The summed E-state index contributed by atoms with van der Waals surface area (Å²) in [5, 5.41) is 12.0. The van der Waals surface area contributed by atoms with Crippen LogP contribution in [0, 0.1) is 28.6 Å². The van der Waals surface area contributed by atoms with Crippen LogP contribution in [-0.2, 0) is 14.2 Å². The number of ketones is 1. The fourth-order valence-electron chi connectivity index (χ4n) is 5.29. The fourth-order valence-corrected chi connectivity index (χ4v) is 6.29. The molecular formula is C13H20O4S. The predicted octanol–water partition coefficient (Wildman–Crippen LogP) is 3.09. The van der Waals surface area contributed by atoms with Crippen molar-refractivity contribution in [2.24, 2.45) is 28.6 Å². The van der Waals surface area contributed by atoms with Crippen LogP contribution in [0.5, 0.6) is 0 Å². The number of carbonyl (C=O) groups excluding carboxylic acids is 1. The Kier molecular flexibility index (Phi) is 3.01. The Morgan fingerprint density at radius 2 is 2.22 bits per heavy atom. The van der Waals surface area contributed by atoms with E-state index in [4.69, 9.17) is 5.26 Å². The minimum absolute atomic E-state index is 0.0269. The topological polar surface area (TPSA) is 55.8 Å². The summed E-state index contributed by atoms with van der Waals surface area (Å²) in [4.78, 5) is 12.2. The highest BCUT2D eigenvalue weighted by atomic mass is 32.2. The molecule has 3 aliphatic carbocycles. The first-order chi connectivity index (χ1) is 8.54. The summed E-state index contributed by atoms with van der Waals surface area (Å²) in [6, 6.07) is 0. The van der Waals surface area contributed by atoms with Gasteiger partial charge >= 0.3 is 0 Å². The lowest BCUT2D eigenvalue weighted by Gasteiger charge is -2.41. The molecule has 4 atom stereocenters. The van der Waals surface area contributed by atoms with Crippen LogP contribution < -0.4 is 0 Å². The number of carbonyl (C=O) groups is 1. The van der Waals surface area contributed by atoms with Crippen LogP contribution in [-0.4, -0.2) is 16.8 Å². The molecule has 2 bridgehead atoms. The van der Waals surface area contributed by atoms with Gasteiger partial charge in [-0.3, -0.25) is 4.79 Å². The van der Waals surface area contributed by atoms with Gasteiger partial charge in [-0.05, 0) is 41.9 Å². The maximum Gasteiger partial charge on any atom is 0.136 e. The van der Waals surface area contributed by atoms with Gasteiger partial charge in [-0.15, -0.1) is 4.33 Å². The van der Waals surface area contributed by atoms with Crippen molar-refractivity contribution < 1.29 is 19.4 Å². The smallest absolute Gasteiger partial charge is 0.136 e. The minimum atomic E-state index is 0.0269. The lowest BCUT2D eigenvalue weighted by Crippen LogP contribution is -2.41. The molecule has 18 heavy (non-hydrogen) atoms. The molecule has 0 aromatic heterocycles. The van der Waals surface area contributed by atoms with Crippen molar-refractivity contribution in [3.8, 4) is 0 Å². The molecule has 3 saturated carbocycles. The van der Waals surface area contributed by atoms with Gasteiger partial charge in [0.25, 0.3) is 0 Å². The maximum absolute atomic E-state index is 12.2. The zero-order valence-corrected chi connectivity index (χ0v) is 11.7. The fraction of sp³-hybridized carbons (Fsp3) is 0.923. The summed E-state index contributed by atoms with van der Waals surface area (Å²) in [7, 11) is 0. The van der Waals surface area contributed by atoms with Crippen molar-refractivity contribution >= 4 is 17.8 Å². The lowest BCUT2D eigenvalue weighted by molar-refractivity contribution is -0.432. The van der Waals surface area contributed by atoms with Crippen LogP contribution in [0.4, 0.5) is 0 Å². The maximum atomic E-state index is 12.2. The van der Waals surface area contributed by atoms with Crippen molar-refractivity contribution in [3.63, 3.8) is 0 Å². The molecule has 4 unspecified atom stereocenters. The largest absolute Gasteiger partial charge is 0.299 e. The number of hydrogen-bond donors (Lipinski definition) is 1. The van der Waals surface area contributed by atoms with Gasteiger partial charge in [0, 0.05) is 30.1 Å². The molecular weight excluding hydrogens is 252 g/mol. The summed E-state index contributed by atoms with van der Waals surface area (Å²) >= 11 is 1.13. The summed E-state index contributed by atoms with van der Waals surface area (Å²) < 4.78 is 4.58. The zero-order valence-electron chi connectivity index (χ0n) is 10.8. The highest BCUT2D eigenvalue weighted by Crippen LogP contribution is 2.73. The van der Waals surface area contributed by atoms with E-state index in [9.17, 15) is 4.79 Å². The van der Waals surface area contributed by atoms with Crippen molar-refractivity contribution in [1.82, 2.24) is 0 Å². The molecule has 0 radical (unpaired) electrons. The normalized spacial score (nSPS) is 44.6. The Balaban J connectivity index is 1.90. The van der Waals surface area contributed by atoms with E-state index in [1.807, 2.05) is 0 Å². The van der Waals surface area contributed by atoms with Gasteiger partial charge in [-0.2, -0.15) is 0 Å². The average Bonchev–Trinajstić information content (AvgIpc) is 2.87. The molecule has 0 amide bonds. The molecule has 0 aromatic rings. The Hall–Kier alpha value is -0.100. The van der Waals surface area contributed by atoms with E-state index in [0.29, 0.717) is 17.6 Å². The molecule has 0 aromatic carbocycles. The van der Waals surface area contributed by atoms with Gasteiger partial charge in [0.15, 0.2) is 0 Å². The third kappa shape index (κ3) is 1.42. The molecule has 4 nitrogen and oxygen atoms in total. The van der Waals surface area contributed by atoms with Crippen molar-refractivity contribution in [2.45, 2.75) is 39.5 Å². The summed E-state index contributed by atoms with van der Waals surface area (Å²) in [6.07, 6.45) is 4.15. The van der Waals surface area contributed by atoms with E-state index in [2.05, 4.69) is 23.2 Å². The van der Waals surface area contributed by atoms with Gasteiger partial charge in [-0.25, -0.2) is 5.26 Å². The van der Waals surface area contributed by atoms with Crippen molar-refractivity contribution in [3.05, 3.63) is 0 Å². The molecule has 3 aliphatic rings. The molecule has 0 saturated heterocycles. The quantitative estimate of drug-likeness (QED) is 0.369. The van der Waals surface area contributed by atoms with Crippen LogP contribution >= 0.6 is 12.0 Å². The van der Waals surface area contributed by atoms with Crippen LogP contribution in [0.3, 0.4) is 0 Å². The highest BCUT2D eigenvalue weighted by Gasteiger charge is 2.70. The third-order valence-electron chi connectivity index (χ3n) is 6.12. The van der Waals surface area contributed by atoms with Gasteiger partial charge in [0.1, 0.15) is 5.78 Å². The second-order valence-corrected chi connectivity index (χ2v) is 7.23. The Bertz CT molecular complexity index is 370. The number of hydrogen-bond acceptors (Lipinski definition) is 5. The van der Waals surface area contributed by atoms with Gasteiger partial charge in [0.2, 0.25) is 0 Å². The first-order valence-electron chi connectivity index (χ1n) is 6.67. The standard InChI is InChI=1S/C13H20O4S/c1-12(2)9-5-6-13(12,7-18-17-16-15)11-8(9)3-4-10(11)14/h8-9,11,15H,3-7H2,1-2H3. The molecule has 1 N–H and O–H groups in total. The number of fused-ring (bicyclic) bond motifs is 5. The van der Waals surface area contributed by atoms with Crippen LogP contribution in [0.15, 0.2) is 0 Å². The Morgan fingerprint density at radius 3 is 2.94 bits per heavy atom. The summed E-state index contributed by atoms with van der Waals surface area (Å²) in [5.41, 5.74) is 0.212. The molecule has 3 rings (SSSR count). The molecule has 0 aliphatic heterocycles. The van der Waals surface area contributed by atoms with Crippen LogP contribution in [0.1, 0.15) is 39.5 Å². The van der Waals surface area contributed by atoms with Crippen molar-refractivity contribution in [2.75, 3.05) is 5.75 Å². The average molecular weight is 272 g/mol. The first-order valence-corrected chi connectivity index (χ1v) is 7.58. The minimum Gasteiger partial charge on any atom is -0.299 e. The third-order valence-corrected chi connectivity index (χ3v) is 6.91. The van der Waals surface area contributed by atoms with Crippen molar-refractivity contribution in [1.29, 1.82) is 0 Å². The molecule has 0 spiro atoms. The van der Waals surface area contributed by atoms with E-state index < -0.39 is 0 Å². The number of Topliss-reactive ketones (excluding diaryl/α,β-unsaturated/α-hetero) is 1. The van der Waals surface area contributed by atoms with E-state index in [0.717, 1.165) is 37.1 Å². The van der Waals surface area contributed by atoms with E-state index in [1.165, 1.54) is 6.42 Å². The van der Waals surface area contributed by atoms with E-state index in [-0.39, 0.29) is 16.7 Å². The highest BCUT2D eigenvalue weighted by molar-refractivity contribution is 7.94. The second-order valence-electron chi connectivity index (χ2n) is 6.57. The van der Waals surface area contributed by atoms with Gasteiger partial charge < -0.3 is 0 Å². The van der Waals surface area contributed by atoms with E-state index in [1.54, 1.807) is 0 Å². The molecule has 102 valence electrons. The molecule has 0 heterocycles. The lowest BCUT2D eigenvalue weighted by atomic mass is 9.65. The van der Waals surface area contributed by atoms with Gasteiger partial charge in [0.05, 0.1) is 0 Å². The zero-order chi connectivity index (χ0) is 13.0.